The first kappa shape index (κ1) is 22.1. The molecule has 0 radical (unpaired) electrons. The highest BCUT2D eigenvalue weighted by atomic mass is 35.5. The van der Waals surface area contributed by atoms with Gasteiger partial charge in [0.05, 0.1) is 10.6 Å². The van der Waals surface area contributed by atoms with Crippen molar-refractivity contribution in [2.45, 2.75) is 12.3 Å². The fourth-order valence-electron chi connectivity index (χ4n) is 2.03. The number of carbonyl (C=O) groups excluding carboxylic acids is 1. The van der Waals surface area contributed by atoms with E-state index >= 15 is 0 Å². The third-order valence-corrected chi connectivity index (χ3v) is 3.94. The molecule has 0 bridgehead atoms. The van der Waals surface area contributed by atoms with E-state index in [9.17, 15) is 23.1 Å². The van der Waals surface area contributed by atoms with Crippen LogP contribution < -0.4 is 14.8 Å². The highest BCUT2D eigenvalue weighted by molar-refractivity contribution is 6.34. The molecule has 0 saturated heterocycles. The Bertz CT molecular complexity index is 818. The number of carbonyl (C=O) groups is 1. The van der Waals surface area contributed by atoms with E-state index in [2.05, 4.69) is 5.32 Å². The van der Waals surface area contributed by atoms with E-state index in [0.29, 0.717) is 5.02 Å². The Labute approximate surface area is 169 Å². The topological polar surface area (TPSA) is 67.8 Å². The molecule has 0 unspecified atom stereocenters. The maximum atomic E-state index is 12.6. The van der Waals surface area contributed by atoms with Crippen molar-refractivity contribution in [2.24, 2.45) is 0 Å². The molecule has 10 heteroatoms. The number of alkyl halides is 3. The Morgan fingerprint density at radius 2 is 1.89 bits per heavy atom. The average molecular weight is 438 g/mol. The Hall–Kier alpha value is -2.16. The molecule has 5 nitrogen and oxygen atoms in total. The summed E-state index contributed by atoms with van der Waals surface area (Å²) >= 11 is 11.7. The smallest absolute Gasteiger partial charge is 0.416 e. The highest BCUT2D eigenvalue weighted by Gasteiger charge is 2.30. The molecule has 0 saturated carbocycles. The summed E-state index contributed by atoms with van der Waals surface area (Å²) in [5, 5.41) is 12.9. The molecule has 28 heavy (non-hydrogen) atoms. The number of rotatable bonds is 8. The number of aliphatic hydroxyl groups excluding tert-OH is 1. The number of ether oxygens (including phenoxy) is 2. The summed E-state index contributed by atoms with van der Waals surface area (Å²) in [6, 6.07) is 8.82. The van der Waals surface area contributed by atoms with Gasteiger partial charge in [-0.3, -0.25) is 4.79 Å². The van der Waals surface area contributed by atoms with Gasteiger partial charge in [-0.2, -0.15) is 13.2 Å². The van der Waals surface area contributed by atoms with Crippen molar-refractivity contribution < 1.29 is 32.5 Å². The zero-order valence-electron chi connectivity index (χ0n) is 14.3. The standard InChI is InChI=1S/C18H16Cl2F3NO4/c19-12-4-5-15(20)16(7-12)28-10-17(26)24-8-13(25)9-27-14-3-1-2-11(6-14)18(21,22)23/h1-7,13,25H,8-10H2,(H,24,26)/t13-/m1/s1. The second kappa shape index (κ2) is 9.86. The summed E-state index contributed by atoms with van der Waals surface area (Å²) in [4.78, 5) is 11.8. The van der Waals surface area contributed by atoms with Crippen molar-refractivity contribution in [3.63, 3.8) is 0 Å². The number of amides is 1. The number of nitrogens with one attached hydrogen (secondary N) is 1. The average Bonchev–Trinajstić information content (AvgIpc) is 2.65. The minimum atomic E-state index is -4.49. The monoisotopic (exact) mass is 437 g/mol. The van der Waals surface area contributed by atoms with Gasteiger partial charge in [0, 0.05) is 17.6 Å². The van der Waals surface area contributed by atoms with Gasteiger partial charge in [0.25, 0.3) is 5.91 Å². The Morgan fingerprint density at radius 3 is 2.61 bits per heavy atom. The van der Waals surface area contributed by atoms with Gasteiger partial charge in [0.2, 0.25) is 0 Å². The zero-order chi connectivity index (χ0) is 20.7. The zero-order valence-corrected chi connectivity index (χ0v) is 15.8. The van der Waals surface area contributed by atoms with Gasteiger partial charge in [-0.15, -0.1) is 0 Å². The molecule has 0 spiro atoms. The lowest BCUT2D eigenvalue weighted by Gasteiger charge is -2.15. The van der Waals surface area contributed by atoms with Crippen LogP contribution in [0.3, 0.4) is 0 Å². The lowest BCUT2D eigenvalue weighted by molar-refractivity contribution is -0.137. The predicted octanol–water partition coefficient (Wildman–Crippen LogP) is 3.95. The van der Waals surface area contributed by atoms with Crippen LogP contribution in [0.2, 0.25) is 10.0 Å². The minimum absolute atomic E-state index is 0.0425. The van der Waals surface area contributed by atoms with E-state index in [4.69, 9.17) is 32.7 Å². The van der Waals surface area contributed by atoms with Gasteiger partial charge in [-0.05, 0) is 30.3 Å². The van der Waals surface area contributed by atoms with Crippen LogP contribution in [0.1, 0.15) is 5.56 Å². The van der Waals surface area contributed by atoms with Crippen molar-refractivity contribution in [1.29, 1.82) is 0 Å². The van der Waals surface area contributed by atoms with Crippen LogP contribution in [-0.4, -0.2) is 36.9 Å². The van der Waals surface area contributed by atoms with Gasteiger partial charge >= 0.3 is 6.18 Å². The first-order chi connectivity index (χ1) is 13.1. The summed E-state index contributed by atoms with van der Waals surface area (Å²) in [5.74, 6) is -0.342. The number of hydrogen-bond donors (Lipinski definition) is 2. The number of halogens is 5. The highest BCUT2D eigenvalue weighted by Crippen LogP contribution is 2.31. The van der Waals surface area contributed by atoms with Crippen LogP contribution in [0, 0.1) is 0 Å². The molecule has 1 atom stereocenters. The van der Waals surface area contributed by atoms with E-state index in [0.717, 1.165) is 12.1 Å². The van der Waals surface area contributed by atoms with Gasteiger partial charge in [0.1, 0.15) is 24.2 Å². The molecule has 2 aromatic carbocycles. The molecule has 0 fully saturated rings. The quantitative estimate of drug-likeness (QED) is 0.655. The van der Waals surface area contributed by atoms with Gasteiger partial charge in [-0.1, -0.05) is 29.3 Å². The van der Waals surface area contributed by atoms with Crippen LogP contribution in [0.4, 0.5) is 13.2 Å². The third kappa shape index (κ3) is 7.10. The second-order valence-electron chi connectivity index (χ2n) is 5.66. The number of benzene rings is 2. The van der Waals surface area contributed by atoms with Gasteiger partial charge in [0.15, 0.2) is 6.61 Å². The largest absolute Gasteiger partial charge is 0.491 e. The van der Waals surface area contributed by atoms with Crippen molar-refractivity contribution in [3.8, 4) is 11.5 Å². The van der Waals surface area contributed by atoms with Gasteiger partial charge in [-0.25, -0.2) is 0 Å². The van der Waals surface area contributed by atoms with Crippen molar-refractivity contribution >= 4 is 29.1 Å². The van der Waals surface area contributed by atoms with Gasteiger partial charge < -0.3 is 19.9 Å². The number of aliphatic hydroxyl groups is 1. The lowest BCUT2D eigenvalue weighted by Crippen LogP contribution is -2.37. The van der Waals surface area contributed by atoms with Crippen LogP contribution in [-0.2, 0) is 11.0 Å². The van der Waals surface area contributed by atoms with E-state index < -0.39 is 23.8 Å². The van der Waals surface area contributed by atoms with E-state index in [1.807, 2.05) is 0 Å². The lowest BCUT2D eigenvalue weighted by atomic mass is 10.2. The Morgan fingerprint density at radius 1 is 1.14 bits per heavy atom. The van der Waals surface area contributed by atoms with Crippen LogP contribution >= 0.6 is 23.2 Å². The van der Waals surface area contributed by atoms with E-state index in [1.165, 1.54) is 24.3 Å². The molecule has 2 N–H and O–H groups in total. The normalized spacial score (nSPS) is 12.4. The molecule has 0 heterocycles. The minimum Gasteiger partial charge on any atom is -0.491 e. The molecular weight excluding hydrogens is 422 g/mol. The Balaban J connectivity index is 1.74. The number of hydrogen-bond acceptors (Lipinski definition) is 4. The third-order valence-electron chi connectivity index (χ3n) is 3.39. The van der Waals surface area contributed by atoms with Crippen LogP contribution in [0.15, 0.2) is 42.5 Å². The first-order valence-electron chi connectivity index (χ1n) is 7.98. The molecule has 2 aromatic rings. The van der Waals surface area contributed by atoms with Crippen molar-refractivity contribution in [2.75, 3.05) is 19.8 Å². The van der Waals surface area contributed by atoms with Crippen LogP contribution in [0.5, 0.6) is 11.5 Å². The van der Waals surface area contributed by atoms with E-state index in [-0.39, 0.29) is 36.3 Å². The van der Waals surface area contributed by atoms with Crippen molar-refractivity contribution in [1.82, 2.24) is 5.32 Å². The molecule has 152 valence electrons. The molecule has 0 aliphatic rings. The molecule has 0 aromatic heterocycles. The Kier molecular flexibility index (Phi) is 7.79. The first-order valence-corrected chi connectivity index (χ1v) is 8.73. The summed E-state index contributed by atoms with van der Waals surface area (Å²) in [7, 11) is 0. The van der Waals surface area contributed by atoms with E-state index in [1.54, 1.807) is 6.07 Å². The predicted molar refractivity (Wildman–Crippen MR) is 97.9 cm³/mol. The molecular formula is C18H16Cl2F3NO4. The maximum Gasteiger partial charge on any atom is 0.416 e. The SMILES string of the molecule is O=C(COc1cc(Cl)ccc1Cl)NC[C@@H](O)COc1cccc(C(F)(F)F)c1. The summed E-state index contributed by atoms with van der Waals surface area (Å²) in [6.45, 7) is -0.839. The summed E-state index contributed by atoms with van der Waals surface area (Å²) in [6.07, 6.45) is -5.62. The molecule has 1 amide bonds. The molecule has 2 rings (SSSR count). The fraction of sp³-hybridized carbons (Fsp3) is 0.278. The van der Waals surface area contributed by atoms with Crippen molar-refractivity contribution in [3.05, 3.63) is 58.1 Å². The summed E-state index contributed by atoms with van der Waals surface area (Å²) in [5.41, 5.74) is -0.857. The molecule has 0 aliphatic heterocycles. The van der Waals surface area contributed by atoms with Crippen LogP contribution in [0.25, 0.3) is 0 Å². The fourth-order valence-corrected chi connectivity index (χ4v) is 2.36. The summed E-state index contributed by atoms with van der Waals surface area (Å²) < 4.78 is 48.3. The maximum absolute atomic E-state index is 12.6. The second-order valence-corrected chi connectivity index (χ2v) is 6.50. The molecule has 0 aliphatic carbocycles.